The van der Waals surface area contributed by atoms with Gasteiger partial charge in [-0.25, -0.2) is 9.97 Å². The lowest BCUT2D eigenvalue weighted by molar-refractivity contribution is -0.390. The topological polar surface area (TPSA) is 133 Å². The van der Waals surface area contributed by atoms with Gasteiger partial charge in [0.2, 0.25) is 0 Å². The van der Waals surface area contributed by atoms with Gasteiger partial charge in [0.05, 0.1) is 6.61 Å². The van der Waals surface area contributed by atoms with Crippen molar-refractivity contribution < 1.29 is 20.2 Å². The molecule has 0 aliphatic carbocycles. The molecule has 0 saturated heterocycles. The third-order valence-electron chi connectivity index (χ3n) is 1.84. The molecule has 0 fully saturated rings. The predicted octanol–water partition coefficient (Wildman–Crippen LogP) is -0.987. The quantitative estimate of drug-likeness (QED) is 0.378. The standard InChI is InChI=1S/C7H11N3O5/c1-3-8-5(6(13)4(12)2-11)7(9-3)10(14)15/h4,6,11-13H,2H2,1H3,(H,8,9). The fraction of sp³-hybridized carbons (Fsp3) is 0.571. The Balaban J connectivity index is 3.07. The second-order valence-corrected chi connectivity index (χ2v) is 3.01. The summed E-state index contributed by atoms with van der Waals surface area (Å²) < 4.78 is 0. The van der Waals surface area contributed by atoms with E-state index in [2.05, 4.69) is 9.97 Å². The molecular weight excluding hydrogens is 206 g/mol. The number of imidazole rings is 1. The van der Waals surface area contributed by atoms with E-state index in [4.69, 9.17) is 10.2 Å². The van der Waals surface area contributed by atoms with E-state index in [-0.39, 0.29) is 11.5 Å². The SMILES string of the molecule is Cc1nc(C(O)C(O)CO)c([N+](=O)[O-])[nH]1. The second kappa shape index (κ2) is 4.34. The summed E-state index contributed by atoms with van der Waals surface area (Å²) in [6, 6.07) is 0. The molecule has 1 aromatic rings. The molecule has 0 radical (unpaired) electrons. The highest BCUT2D eigenvalue weighted by molar-refractivity contribution is 5.30. The predicted molar refractivity (Wildman–Crippen MR) is 48.0 cm³/mol. The Labute approximate surface area is 84.4 Å². The molecule has 1 heterocycles. The van der Waals surface area contributed by atoms with Crippen LogP contribution in [0.2, 0.25) is 0 Å². The Hall–Kier alpha value is -1.51. The summed E-state index contributed by atoms with van der Waals surface area (Å²) in [5, 5.41) is 37.7. The maximum Gasteiger partial charge on any atom is 0.346 e. The monoisotopic (exact) mass is 217 g/mol. The first-order valence-corrected chi connectivity index (χ1v) is 4.15. The molecule has 0 aromatic carbocycles. The number of aryl methyl sites for hydroxylation is 1. The van der Waals surface area contributed by atoms with Crippen molar-refractivity contribution in [3.05, 3.63) is 21.6 Å². The molecule has 4 N–H and O–H groups in total. The number of rotatable bonds is 4. The maximum atomic E-state index is 10.5. The van der Waals surface area contributed by atoms with E-state index in [9.17, 15) is 15.2 Å². The van der Waals surface area contributed by atoms with Crippen LogP contribution in [-0.2, 0) is 0 Å². The molecule has 1 aromatic heterocycles. The average molecular weight is 217 g/mol. The summed E-state index contributed by atoms with van der Waals surface area (Å²) in [5.74, 6) is -0.228. The third-order valence-corrected chi connectivity index (χ3v) is 1.84. The Morgan fingerprint density at radius 2 is 2.20 bits per heavy atom. The minimum Gasteiger partial charge on any atom is -0.394 e. The van der Waals surface area contributed by atoms with Gasteiger partial charge in [-0.1, -0.05) is 0 Å². The molecule has 2 unspecified atom stereocenters. The Kier molecular flexibility index (Phi) is 3.35. The molecule has 0 bridgehead atoms. The first-order chi connectivity index (χ1) is 6.97. The number of hydrogen-bond donors (Lipinski definition) is 4. The molecule has 0 saturated carbocycles. The van der Waals surface area contributed by atoms with Gasteiger partial charge in [0, 0.05) is 6.92 Å². The van der Waals surface area contributed by atoms with Gasteiger partial charge >= 0.3 is 5.82 Å². The molecule has 0 amide bonds. The number of H-pyrrole nitrogens is 1. The van der Waals surface area contributed by atoms with E-state index in [1.807, 2.05) is 0 Å². The number of aliphatic hydroxyl groups excluding tert-OH is 3. The second-order valence-electron chi connectivity index (χ2n) is 3.01. The zero-order valence-electron chi connectivity index (χ0n) is 7.91. The van der Waals surface area contributed by atoms with E-state index in [1.54, 1.807) is 0 Å². The number of nitrogens with zero attached hydrogens (tertiary/aromatic N) is 2. The highest BCUT2D eigenvalue weighted by Crippen LogP contribution is 2.24. The van der Waals surface area contributed by atoms with E-state index >= 15 is 0 Å². The van der Waals surface area contributed by atoms with Crippen LogP contribution in [0.4, 0.5) is 5.82 Å². The van der Waals surface area contributed by atoms with Crippen LogP contribution >= 0.6 is 0 Å². The van der Waals surface area contributed by atoms with Gasteiger partial charge in [0.1, 0.15) is 12.2 Å². The van der Waals surface area contributed by atoms with E-state index in [1.165, 1.54) is 6.92 Å². The smallest absolute Gasteiger partial charge is 0.346 e. The van der Waals surface area contributed by atoms with Crippen molar-refractivity contribution >= 4 is 5.82 Å². The highest BCUT2D eigenvalue weighted by atomic mass is 16.6. The Morgan fingerprint density at radius 1 is 1.60 bits per heavy atom. The van der Waals surface area contributed by atoms with Gasteiger partial charge in [-0.3, -0.25) is 0 Å². The average Bonchev–Trinajstić information content (AvgIpc) is 2.58. The molecule has 0 aliphatic rings. The number of hydrogen-bond acceptors (Lipinski definition) is 6. The number of nitro groups is 1. The fourth-order valence-corrected chi connectivity index (χ4v) is 1.12. The van der Waals surface area contributed by atoms with Crippen LogP contribution in [0.15, 0.2) is 0 Å². The lowest BCUT2D eigenvalue weighted by Gasteiger charge is -2.12. The van der Waals surface area contributed by atoms with Gasteiger partial charge in [-0.15, -0.1) is 0 Å². The van der Waals surface area contributed by atoms with Crippen molar-refractivity contribution in [2.45, 2.75) is 19.1 Å². The summed E-state index contributed by atoms with van der Waals surface area (Å²) in [5.41, 5.74) is -0.279. The number of aromatic nitrogens is 2. The van der Waals surface area contributed by atoms with Crippen LogP contribution in [0, 0.1) is 17.0 Å². The van der Waals surface area contributed by atoms with Crippen molar-refractivity contribution in [3.8, 4) is 0 Å². The fourth-order valence-electron chi connectivity index (χ4n) is 1.12. The third kappa shape index (κ3) is 2.29. The van der Waals surface area contributed by atoms with Crippen LogP contribution in [0.5, 0.6) is 0 Å². The number of nitrogens with one attached hydrogen (secondary N) is 1. The lowest BCUT2D eigenvalue weighted by atomic mass is 10.1. The van der Waals surface area contributed by atoms with Crippen molar-refractivity contribution in [2.24, 2.45) is 0 Å². The lowest BCUT2D eigenvalue weighted by Crippen LogP contribution is -2.23. The van der Waals surface area contributed by atoms with Crippen LogP contribution < -0.4 is 0 Å². The highest BCUT2D eigenvalue weighted by Gasteiger charge is 2.29. The molecule has 1 rings (SSSR count). The van der Waals surface area contributed by atoms with Gasteiger partial charge < -0.3 is 25.4 Å². The first-order valence-electron chi connectivity index (χ1n) is 4.15. The van der Waals surface area contributed by atoms with Crippen molar-refractivity contribution in [3.63, 3.8) is 0 Å². The summed E-state index contributed by atoms with van der Waals surface area (Å²) in [4.78, 5) is 15.8. The van der Waals surface area contributed by atoms with E-state index in [0.29, 0.717) is 0 Å². The zero-order valence-corrected chi connectivity index (χ0v) is 7.91. The van der Waals surface area contributed by atoms with Gasteiger partial charge in [0.15, 0.2) is 11.5 Å². The molecule has 0 spiro atoms. The van der Waals surface area contributed by atoms with Gasteiger partial charge in [-0.2, -0.15) is 0 Å². The molecule has 8 heteroatoms. The van der Waals surface area contributed by atoms with Crippen molar-refractivity contribution in [2.75, 3.05) is 6.61 Å². The molecule has 15 heavy (non-hydrogen) atoms. The summed E-state index contributed by atoms with van der Waals surface area (Å²) in [7, 11) is 0. The Morgan fingerprint density at radius 3 is 2.67 bits per heavy atom. The number of aliphatic hydroxyl groups is 3. The molecular formula is C7H11N3O5. The van der Waals surface area contributed by atoms with Gasteiger partial charge in [-0.05, 0) is 4.92 Å². The van der Waals surface area contributed by atoms with Crippen LogP contribution in [0.1, 0.15) is 17.6 Å². The van der Waals surface area contributed by atoms with E-state index < -0.39 is 29.6 Å². The van der Waals surface area contributed by atoms with Crippen LogP contribution in [0.3, 0.4) is 0 Å². The zero-order chi connectivity index (χ0) is 11.6. The normalized spacial score (nSPS) is 14.9. The Bertz CT molecular complexity index is 364. The molecule has 2 atom stereocenters. The minimum atomic E-state index is -1.58. The summed E-state index contributed by atoms with van der Waals surface area (Å²) >= 11 is 0. The van der Waals surface area contributed by atoms with Crippen LogP contribution in [-0.4, -0.2) is 42.9 Å². The molecule has 0 aliphatic heterocycles. The van der Waals surface area contributed by atoms with Crippen molar-refractivity contribution in [1.82, 2.24) is 9.97 Å². The minimum absolute atomic E-state index is 0.251. The molecule has 8 nitrogen and oxygen atoms in total. The first kappa shape index (κ1) is 11.6. The number of aromatic amines is 1. The summed E-state index contributed by atoms with van der Waals surface area (Å²) in [6.45, 7) is 0.777. The van der Waals surface area contributed by atoms with Crippen molar-refractivity contribution in [1.29, 1.82) is 0 Å². The largest absolute Gasteiger partial charge is 0.394 e. The van der Waals surface area contributed by atoms with Crippen LogP contribution in [0.25, 0.3) is 0 Å². The summed E-state index contributed by atoms with van der Waals surface area (Å²) in [6.07, 6.45) is -3.08. The van der Waals surface area contributed by atoms with E-state index in [0.717, 1.165) is 0 Å². The molecule has 84 valence electrons. The van der Waals surface area contributed by atoms with Gasteiger partial charge in [0.25, 0.3) is 0 Å². The maximum absolute atomic E-state index is 10.5.